The molecule has 27 heavy (non-hydrogen) atoms. The maximum atomic E-state index is 12.1. The molecule has 0 aliphatic heterocycles. The van der Waals surface area contributed by atoms with Crippen molar-refractivity contribution in [2.24, 2.45) is 0 Å². The van der Waals surface area contributed by atoms with Gasteiger partial charge in [-0.2, -0.15) is 0 Å². The fourth-order valence-electron chi connectivity index (χ4n) is 2.67. The van der Waals surface area contributed by atoms with Gasteiger partial charge in [-0.25, -0.2) is 15.0 Å². The van der Waals surface area contributed by atoms with Crippen molar-refractivity contribution in [3.63, 3.8) is 0 Å². The monoisotopic (exact) mass is 365 g/mol. The first-order chi connectivity index (χ1) is 13.0. The molecule has 0 unspecified atom stereocenters. The van der Waals surface area contributed by atoms with Gasteiger partial charge in [0.25, 0.3) is 5.91 Å². The number of aromatic nitrogens is 4. The van der Waals surface area contributed by atoms with E-state index in [1.165, 1.54) is 24.8 Å². The minimum atomic E-state index is -0.562. The van der Waals surface area contributed by atoms with Crippen LogP contribution in [0.1, 0.15) is 23.3 Å². The number of carbonyl (C=O) groups is 1. The van der Waals surface area contributed by atoms with E-state index in [1.807, 2.05) is 0 Å². The Balaban J connectivity index is 1.75. The maximum absolute atomic E-state index is 12.1. The average Bonchev–Trinajstić information content (AvgIpc) is 3.32. The number of rotatable bonds is 5. The highest BCUT2D eigenvalue weighted by atomic mass is 16.6. The van der Waals surface area contributed by atoms with E-state index in [2.05, 4.69) is 20.3 Å². The first-order valence-corrected chi connectivity index (χ1v) is 8.23. The van der Waals surface area contributed by atoms with E-state index in [0.29, 0.717) is 5.69 Å². The third-order valence-corrected chi connectivity index (χ3v) is 4.14. The molecule has 4 rings (SSSR count). The highest BCUT2D eigenvalue weighted by Gasteiger charge is 2.26. The molecule has 3 N–H and O–H groups in total. The number of imidazole rings is 1. The SMILES string of the molecule is Nc1cc(-n2cnc(C(=O)NC3CC3)c2)cc(-c2ncccn2)c1[N+](=O)[O-]. The molecule has 0 spiro atoms. The molecule has 0 radical (unpaired) electrons. The van der Waals surface area contributed by atoms with Crippen molar-refractivity contribution in [1.29, 1.82) is 0 Å². The molecule has 1 aliphatic carbocycles. The van der Waals surface area contributed by atoms with E-state index >= 15 is 0 Å². The minimum absolute atomic E-state index is 0.0300. The quantitative estimate of drug-likeness (QED) is 0.398. The third kappa shape index (κ3) is 3.32. The fraction of sp³-hybridized carbons (Fsp3) is 0.176. The van der Waals surface area contributed by atoms with E-state index in [1.54, 1.807) is 22.9 Å². The summed E-state index contributed by atoms with van der Waals surface area (Å²) < 4.78 is 1.58. The van der Waals surface area contributed by atoms with Crippen LogP contribution in [0.15, 0.2) is 43.1 Å². The van der Waals surface area contributed by atoms with Crippen LogP contribution in [-0.4, -0.2) is 36.4 Å². The number of hydrogen-bond acceptors (Lipinski definition) is 7. The summed E-state index contributed by atoms with van der Waals surface area (Å²) in [7, 11) is 0. The smallest absolute Gasteiger partial charge is 0.303 e. The van der Waals surface area contributed by atoms with Gasteiger partial charge in [-0.15, -0.1) is 0 Å². The normalized spacial score (nSPS) is 13.3. The molecular weight excluding hydrogens is 350 g/mol. The largest absolute Gasteiger partial charge is 0.393 e. The van der Waals surface area contributed by atoms with Crippen LogP contribution < -0.4 is 11.1 Å². The Labute approximate surface area is 153 Å². The Morgan fingerprint density at radius 3 is 2.67 bits per heavy atom. The highest BCUT2D eigenvalue weighted by Crippen LogP contribution is 2.35. The zero-order valence-electron chi connectivity index (χ0n) is 14.1. The van der Waals surface area contributed by atoms with Gasteiger partial charge in [-0.3, -0.25) is 14.9 Å². The number of benzene rings is 1. The number of anilines is 1. The van der Waals surface area contributed by atoms with Gasteiger partial charge in [-0.05, 0) is 31.0 Å². The Morgan fingerprint density at radius 2 is 2.00 bits per heavy atom. The van der Waals surface area contributed by atoms with Crippen LogP contribution >= 0.6 is 0 Å². The van der Waals surface area contributed by atoms with E-state index in [-0.39, 0.29) is 40.4 Å². The van der Waals surface area contributed by atoms with Crippen molar-refractivity contribution in [1.82, 2.24) is 24.8 Å². The lowest BCUT2D eigenvalue weighted by Crippen LogP contribution is -2.25. The molecular formula is C17H15N7O3. The molecule has 2 heterocycles. The van der Waals surface area contributed by atoms with Gasteiger partial charge < -0.3 is 15.6 Å². The van der Waals surface area contributed by atoms with E-state index < -0.39 is 4.92 Å². The molecule has 136 valence electrons. The summed E-state index contributed by atoms with van der Waals surface area (Å²) in [6, 6.07) is 4.84. The van der Waals surface area contributed by atoms with Gasteiger partial charge in [0.1, 0.15) is 23.3 Å². The summed E-state index contributed by atoms with van der Waals surface area (Å²) in [5.41, 5.74) is 6.59. The standard InChI is InChI=1S/C17H15N7O3/c18-13-7-11(23-8-14(21-9-23)17(25)22-10-2-3-10)6-12(15(13)24(26)27)16-19-4-1-5-20-16/h1,4-10H,2-3,18H2,(H,22,25). The van der Waals surface area contributed by atoms with E-state index in [0.717, 1.165) is 12.8 Å². The predicted octanol–water partition coefficient (Wildman–Crippen LogP) is 1.71. The number of amides is 1. The zero-order chi connectivity index (χ0) is 19.0. The lowest BCUT2D eigenvalue weighted by atomic mass is 10.1. The van der Waals surface area contributed by atoms with Crippen LogP contribution in [0.3, 0.4) is 0 Å². The summed E-state index contributed by atoms with van der Waals surface area (Å²) in [6.45, 7) is 0. The summed E-state index contributed by atoms with van der Waals surface area (Å²) in [5, 5.41) is 14.3. The molecule has 3 aromatic rings. The van der Waals surface area contributed by atoms with Crippen LogP contribution in [0.25, 0.3) is 17.1 Å². The second kappa shape index (κ2) is 6.48. The fourth-order valence-corrected chi connectivity index (χ4v) is 2.67. The summed E-state index contributed by atoms with van der Waals surface area (Å²) >= 11 is 0. The highest BCUT2D eigenvalue weighted by molar-refractivity contribution is 5.92. The van der Waals surface area contributed by atoms with Crippen molar-refractivity contribution in [2.75, 3.05) is 5.73 Å². The molecule has 1 saturated carbocycles. The molecule has 1 aliphatic rings. The lowest BCUT2D eigenvalue weighted by Gasteiger charge is -2.09. The Hall–Kier alpha value is -3.82. The van der Waals surface area contributed by atoms with Crippen LogP contribution in [0.4, 0.5) is 11.4 Å². The van der Waals surface area contributed by atoms with E-state index in [4.69, 9.17) is 5.73 Å². The number of nitrogens with two attached hydrogens (primary N) is 1. The number of nitro benzene ring substituents is 1. The number of nitrogens with one attached hydrogen (secondary N) is 1. The van der Waals surface area contributed by atoms with Crippen molar-refractivity contribution < 1.29 is 9.72 Å². The van der Waals surface area contributed by atoms with Crippen molar-refractivity contribution in [3.8, 4) is 17.1 Å². The summed E-state index contributed by atoms with van der Waals surface area (Å²) in [5.74, 6) is -0.0673. The first-order valence-electron chi connectivity index (χ1n) is 8.23. The van der Waals surface area contributed by atoms with Crippen LogP contribution in [0.2, 0.25) is 0 Å². The third-order valence-electron chi connectivity index (χ3n) is 4.14. The molecule has 2 aromatic heterocycles. The van der Waals surface area contributed by atoms with Crippen LogP contribution in [-0.2, 0) is 0 Å². The maximum Gasteiger partial charge on any atom is 0.303 e. The summed E-state index contributed by atoms with van der Waals surface area (Å²) in [4.78, 5) is 35.3. The minimum Gasteiger partial charge on any atom is -0.393 e. The van der Waals surface area contributed by atoms with Crippen LogP contribution in [0.5, 0.6) is 0 Å². The number of carbonyl (C=O) groups excluding carboxylic acids is 1. The topological polar surface area (TPSA) is 142 Å². The predicted molar refractivity (Wildman–Crippen MR) is 96.1 cm³/mol. The Morgan fingerprint density at radius 1 is 1.26 bits per heavy atom. The number of nitrogen functional groups attached to an aromatic ring is 1. The second-order valence-electron chi connectivity index (χ2n) is 6.17. The van der Waals surface area contributed by atoms with Crippen molar-refractivity contribution in [2.45, 2.75) is 18.9 Å². The molecule has 10 heteroatoms. The molecule has 0 bridgehead atoms. The van der Waals surface area contributed by atoms with Gasteiger partial charge in [0.15, 0.2) is 5.82 Å². The Bertz CT molecular complexity index is 1030. The molecule has 10 nitrogen and oxygen atoms in total. The molecule has 0 atom stereocenters. The van der Waals surface area contributed by atoms with Crippen molar-refractivity contribution in [3.05, 3.63) is 58.9 Å². The first kappa shape index (κ1) is 16.6. The number of nitrogens with zero attached hydrogens (tertiary/aromatic N) is 5. The zero-order valence-corrected chi connectivity index (χ0v) is 14.1. The molecule has 0 saturated heterocycles. The van der Waals surface area contributed by atoms with Crippen LogP contribution in [0, 0.1) is 10.1 Å². The van der Waals surface area contributed by atoms with Gasteiger partial charge in [-0.1, -0.05) is 0 Å². The summed E-state index contributed by atoms with van der Waals surface area (Å²) in [6.07, 6.45) is 7.95. The molecule has 1 fully saturated rings. The number of hydrogen-bond donors (Lipinski definition) is 2. The lowest BCUT2D eigenvalue weighted by molar-refractivity contribution is -0.383. The van der Waals surface area contributed by atoms with Gasteiger partial charge in [0.2, 0.25) is 0 Å². The van der Waals surface area contributed by atoms with E-state index in [9.17, 15) is 14.9 Å². The average molecular weight is 365 g/mol. The number of nitro groups is 1. The molecule has 1 amide bonds. The second-order valence-corrected chi connectivity index (χ2v) is 6.17. The Kier molecular flexibility index (Phi) is 3.99. The van der Waals surface area contributed by atoms with Crippen molar-refractivity contribution >= 4 is 17.3 Å². The van der Waals surface area contributed by atoms with Gasteiger partial charge in [0, 0.05) is 30.3 Å². The van der Waals surface area contributed by atoms with Gasteiger partial charge >= 0.3 is 5.69 Å². The van der Waals surface area contributed by atoms with Gasteiger partial charge in [0.05, 0.1) is 4.92 Å². The molecule has 1 aromatic carbocycles.